The summed E-state index contributed by atoms with van der Waals surface area (Å²) in [5.74, 6) is 0. The van der Waals surface area contributed by atoms with Crippen LogP contribution in [-0.2, 0) is 11.3 Å². The average Bonchev–Trinajstić information content (AvgIpc) is 2.46. The topological polar surface area (TPSA) is 65.4 Å². The highest BCUT2D eigenvalue weighted by Gasteiger charge is 2.23. The monoisotopic (exact) mass is 259 g/mol. The van der Waals surface area contributed by atoms with Crippen molar-refractivity contribution in [2.45, 2.75) is 19.1 Å². The smallest absolute Gasteiger partial charge is 0.410 e. The molecule has 0 bridgehead atoms. The summed E-state index contributed by atoms with van der Waals surface area (Å²) in [6.07, 6.45) is 0.0935. The minimum absolute atomic E-state index is 0.0445. The van der Waals surface area contributed by atoms with E-state index in [-0.39, 0.29) is 18.7 Å². The second-order valence-corrected chi connectivity index (χ2v) is 4.50. The van der Waals surface area contributed by atoms with E-state index in [1.807, 2.05) is 30.3 Å². The molecule has 0 saturated carbocycles. The summed E-state index contributed by atoms with van der Waals surface area (Å²) in [6.45, 7) is 2.13. The highest BCUT2D eigenvalue weighted by Crippen LogP contribution is 2.07. The molecule has 1 aliphatic heterocycles. The molecular formula is C14H17N3O2. The van der Waals surface area contributed by atoms with Crippen LogP contribution in [0, 0.1) is 11.3 Å². The predicted molar refractivity (Wildman–Crippen MR) is 70.2 cm³/mol. The normalized spacial score (nSPS) is 18.7. The number of nitrogens with one attached hydrogen (secondary N) is 1. The summed E-state index contributed by atoms with van der Waals surface area (Å²) in [5.41, 5.74) is 0.972. The zero-order valence-corrected chi connectivity index (χ0v) is 10.7. The molecule has 19 heavy (non-hydrogen) atoms. The molecule has 1 N–H and O–H groups in total. The van der Waals surface area contributed by atoms with Crippen LogP contribution in [0.15, 0.2) is 30.3 Å². The molecule has 1 heterocycles. The molecule has 1 aliphatic rings. The molecule has 1 amide bonds. The van der Waals surface area contributed by atoms with Crippen molar-refractivity contribution < 1.29 is 9.53 Å². The summed E-state index contributed by atoms with van der Waals surface area (Å²) in [6, 6.07) is 11.8. The quantitative estimate of drug-likeness (QED) is 0.893. The molecule has 100 valence electrons. The molecule has 1 aromatic rings. The fourth-order valence-corrected chi connectivity index (χ4v) is 2.05. The number of nitrogens with zero attached hydrogens (tertiary/aromatic N) is 2. The number of amides is 1. The van der Waals surface area contributed by atoms with E-state index in [1.54, 1.807) is 4.90 Å². The van der Waals surface area contributed by atoms with E-state index in [0.29, 0.717) is 26.1 Å². The van der Waals surface area contributed by atoms with Gasteiger partial charge in [0.05, 0.1) is 12.5 Å². The fraction of sp³-hybridized carbons (Fsp3) is 0.429. The number of carbonyl (C=O) groups excluding carboxylic acids is 1. The van der Waals surface area contributed by atoms with Crippen LogP contribution in [0.1, 0.15) is 12.0 Å². The van der Waals surface area contributed by atoms with E-state index in [2.05, 4.69) is 11.4 Å². The Bertz CT molecular complexity index is 456. The van der Waals surface area contributed by atoms with E-state index in [9.17, 15) is 4.79 Å². The highest BCUT2D eigenvalue weighted by atomic mass is 16.6. The Morgan fingerprint density at radius 3 is 3.00 bits per heavy atom. The minimum atomic E-state index is -0.312. The van der Waals surface area contributed by atoms with Crippen molar-refractivity contribution in [3.63, 3.8) is 0 Å². The van der Waals surface area contributed by atoms with E-state index >= 15 is 0 Å². The Kier molecular flexibility index (Phi) is 4.76. The van der Waals surface area contributed by atoms with Crippen molar-refractivity contribution in [2.24, 2.45) is 0 Å². The molecule has 5 nitrogen and oxygen atoms in total. The molecule has 0 aliphatic carbocycles. The lowest BCUT2D eigenvalue weighted by molar-refractivity contribution is 0.0853. The van der Waals surface area contributed by atoms with Gasteiger partial charge in [0.25, 0.3) is 0 Å². The van der Waals surface area contributed by atoms with Crippen LogP contribution in [0.4, 0.5) is 4.79 Å². The zero-order valence-electron chi connectivity index (χ0n) is 10.7. The first kappa shape index (κ1) is 13.4. The Morgan fingerprint density at radius 2 is 2.26 bits per heavy atom. The number of nitriles is 1. The first-order chi connectivity index (χ1) is 9.29. The molecular weight excluding hydrogens is 242 g/mol. The van der Waals surface area contributed by atoms with Crippen LogP contribution < -0.4 is 5.32 Å². The summed E-state index contributed by atoms with van der Waals surface area (Å²) in [7, 11) is 0. The number of piperazine rings is 1. The van der Waals surface area contributed by atoms with Crippen LogP contribution in [0.25, 0.3) is 0 Å². The largest absolute Gasteiger partial charge is 0.445 e. The summed E-state index contributed by atoms with van der Waals surface area (Å²) in [4.78, 5) is 13.6. The van der Waals surface area contributed by atoms with Gasteiger partial charge in [-0.25, -0.2) is 4.79 Å². The van der Waals surface area contributed by atoms with Crippen molar-refractivity contribution in [3.05, 3.63) is 35.9 Å². The van der Waals surface area contributed by atoms with Gasteiger partial charge in [-0.3, -0.25) is 0 Å². The second kappa shape index (κ2) is 6.76. The van der Waals surface area contributed by atoms with Crippen molar-refractivity contribution in [3.8, 4) is 6.07 Å². The van der Waals surface area contributed by atoms with Crippen molar-refractivity contribution in [1.82, 2.24) is 10.2 Å². The third-order valence-electron chi connectivity index (χ3n) is 3.06. The molecule has 1 atom stereocenters. The molecule has 1 unspecified atom stereocenters. The highest BCUT2D eigenvalue weighted by molar-refractivity contribution is 5.67. The Labute approximate surface area is 112 Å². The first-order valence-corrected chi connectivity index (χ1v) is 6.35. The van der Waals surface area contributed by atoms with Crippen LogP contribution in [-0.4, -0.2) is 36.7 Å². The van der Waals surface area contributed by atoms with E-state index in [4.69, 9.17) is 10.00 Å². The molecule has 1 aromatic carbocycles. The van der Waals surface area contributed by atoms with Crippen molar-refractivity contribution >= 4 is 6.09 Å². The molecule has 1 fully saturated rings. The van der Waals surface area contributed by atoms with E-state index in [0.717, 1.165) is 5.56 Å². The average molecular weight is 259 g/mol. The lowest BCUT2D eigenvalue weighted by Gasteiger charge is -2.31. The van der Waals surface area contributed by atoms with Crippen LogP contribution in [0.5, 0.6) is 0 Å². The number of hydrogen-bond acceptors (Lipinski definition) is 4. The van der Waals surface area contributed by atoms with Crippen LogP contribution >= 0.6 is 0 Å². The van der Waals surface area contributed by atoms with Crippen molar-refractivity contribution in [2.75, 3.05) is 19.6 Å². The fourth-order valence-electron chi connectivity index (χ4n) is 2.05. The summed E-state index contributed by atoms with van der Waals surface area (Å²) < 4.78 is 5.27. The van der Waals surface area contributed by atoms with Gasteiger partial charge < -0.3 is 15.0 Å². The molecule has 2 rings (SSSR count). The number of rotatable bonds is 3. The second-order valence-electron chi connectivity index (χ2n) is 4.50. The molecule has 0 radical (unpaired) electrons. The van der Waals surface area contributed by atoms with Gasteiger partial charge >= 0.3 is 6.09 Å². The standard InChI is InChI=1S/C14H17N3O2/c15-7-6-13-10-17(9-8-16-13)14(18)19-11-12-4-2-1-3-5-12/h1-5,13,16H,6,8-11H2. The summed E-state index contributed by atoms with van der Waals surface area (Å²) >= 11 is 0. The van der Waals surface area contributed by atoms with Gasteiger partial charge in [0.2, 0.25) is 0 Å². The van der Waals surface area contributed by atoms with Gasteiger partial charge in [0.15, 0.2) is 0 Å². The Hall–Kier alpha value is -2.06. The number of carbonyl (C=O) groups is 1. The Morgan fingerprint density at radius 1 is 1.47 bits per heavy atom. The maximum absolute atomic E-state index is 11.9. The lowest BCUT2D eigenvalue weighted by atomic mass is 10.1. The van der Waals surface area contributed by atoms with Gasteiger partial charge in [0.1, 0.15) is 6.61 Å². The third kappa shape index (κ3) is 3.97. The predicted octanol–water partition coefficient (Wildman–Crippen LogP) is 1.51. The molecule has 0 spiro atoms. The molecule has 5 heteroatoms. The first-order valence-electron chi connectivity index (χ1n) is 6.35. The van der Waals surface area contributed by atoms with Crippen LogP contribution in [0.3, 0.4) is 0 Å². The third-order valence-corrected chi connectivity index (χ3v) is 3.06. The Balaban J connectivity index is 1.81. The maximum atomic E-state index is 11.9. The maximum Gasteiger partial charge on any atom is 0.410 e. The van der Waals surface area contributed by atoms with Crippen molar-refractivity contribution in [1.29, 1.82) is 5.26 Å². The van der Waals surface area contributed by atoms with Crippen LogP contribution in [0.2, 0.25) is 0 Å². The lowest BCUT2D eigenvalue weighted by Crippen LogP contribution is -2.52. The summed E-state index contributed by atoms with van der Waals surface area (Å²) in [5, 5.41) is 11.9. The SMILES string of the molecule is N#CCC1CN(C(=O)OCc2ccccc2)CCN1. The van der Waals surface area contributed by atoms with Gasteiger partial charge in [-0.15, -0.1) is 0 Å². The zero-order chi connectivity index (χ0) is 13.5. The molecule has 1 saturated heterocycles. The van der Waals surface area contributed by atoms with Gasteiger partial charge in [-0.05, 0) is 5.56 Å². The van der Waals surface area contributed by atoms with E-state index in [1.165, 1.54) is 0 Å². The minimum Gasteiger partial charge on any atom is -0.445 e. The molecule has 0 aromatic heterocycles. The van der Waals surface area contributed by atoms with E-state index < -0.39 is 0 Å². The number of hydrogen-bond donors (Lipinski definition) is 1. The number of benzene rings is 1. The van der Waals surface area contributed by atoms with Gasteiger partial charge in [0, 0.05) is 25.7 Å². The number of ether oxygens (including phenoxy) is 1. The van der Waals surface area contributed by atoms with Gasteiger partial charge in [-0.2, -0.15) is 5.26 Å². The van der Waals surface area contributed by atoms with Gasteiger partial charge in [-0.1, -0.05) is 30.3 Å².